The van der Waals surface area contributed by atoms with Gasteiger partial charge in [-0.3, -0.25) is 4.98 Å². The van der Waals surface area contributed by atoms with Gasteiger partial charge in [-0.1, -0.05) is 36.4 Å². The molecule has 1 atom stereocenters. The summed E-state index contributed by atoms with van der Waals surface area (Å²) in [5, 5.41) is 0. The Balaban J connectivity index is 2.12. The van der Waals surface area contributed by atoms with Gasteiger partial charge in [0, 0.05) is 18.4 Å². The van der Waals surface area contributed by atoms with E-state index in [1.165, 1.54) is 5.56 Å². The number of pyridine rings is 1. The first kappa shape index (κ1) is 10.8. The fourth-order valence-corrected chi connectivity index (χ4v) is 1.77. The summed E-state index contributed by atoms with van der Waals surface area (Å²) < 4.78 is 0. The normalized spacial score (nSPS) is 12.4. The molecule has 0 fully saturated rings. The molecule has 2 aromatic rings. The van der Waals surface area contributed by atoms with Crippen LogP contribution < -0.4 is 5.73 Å². The third kappa shape index (κ3) is 2.67. The zero-order valence-electron chi connectivity index (χ0n) is 9.43. The van der Waals surface area contributed by atoms with Gasteiger partial charge in [0.05, 0.1) is 0 Å². The van der Waals surface area contributed by atoms with Crippen molar-refractivity contribution in [1.82, 2.24) is 4.98 Å². The van der Waals surface area contributed by atoms with Gasteiger partial charge in [0.1, 0.15) is 0 Å². The first-order valence-electron chi connectivity index (χ1n) is 5.47. The molecular weight excluding hydrogens is 196 g/mol. The average molecular weight is 212 g/mol. The fraction of sp³-hybridized carbons (Fsp3) is 0.214. The molecule has 0 saturated heterocycles. The van der Waals surface area contributed by atoms with Crippen LogP contribution in [0.5, 0.6) is 0 Å². The van der Waals surface area contributed by atoms with Crippen molar-refractivity contribution in [2.24, 2.45) is 5.73 Å². The van der Waals surface area contributed by atoms with Crippen molar-refractivity contribution in [1.29, 1.82) is 0 Å². The Bertz CT molecular complexity index is 451. The second-order valence-corrected chi connectivity index (χ2v) is 4.09. The van der Waals surface area contributed by atoms with Crippen molar-refractivity contribution < 1.29 is 0 Å². The Kier molecular flexibility index (Phi) is 3.32. The van der Waals surface area contributed by atoms with Crippen molar-refractivity contribution >= 4 is 0 Å². The average Bonchev–Trinajstić information content (AvgIpc) is 2.30. The van der Waals surface area contributed by atoms with Crippen LogP contribution in [0.25, 0.3) is 0 Å². The number of rotatable bonds is 3. The molecular formula is C14H16N2. The zero-order valence-corrected chi connectivity index (χ0v) is 9.43. The fourth-order valence-electron chi connectivity index (χ4n) is 1.77. The second kappa shape index (κ2) is 4.90. The summed E-state index contributed by atoms with van der Waals surface area (Å²) in [7, 11) is 0. The highest BCUT2D eigenvalue weighted by Crippen LogP contribution is 2.15. The zero-order chi connectivity index (χ0) is 11.4. The number of nitrogens with zero attached hydrogens (tertiary/aromatic N) is 1. The third-order valence-electron chi connectivity index (χ3n) is 2.62. The summed E-state index contributed by atoms with van der Waals surface area (Å²) in [5.41, 5.74) is 9.67. The van der Waals surface area contributed by atoms with Gasteiger partial charge < -0.3 is 5.73 Å². The molecule has 0 bridgehead atoms. The van der Waals surface area contributed by atoms with E-state index < -0.39 is 0 Å². The molecule has 1 unspecified atom stereocenters. The summed E-state index contributed by atoms with van der Waals surface area (Å²) in [6.07, 6.45) is 4.55. The summed E-state index contributed by atoms with van der Waals surface area (Å²) >= 11 is 0. The summed E-state index contributed by atoms with van der Waals surface area (Å²) in [4.78, 5) is 4.17. The third-order valence-corrected chi connectivity index (χ3v) is 2.62. The molecule has 0 aliphatic rings. The lowest BCUT2D eigenvalue weighted by molar-refractivity contribution is 0.717. The van der Waals surface area contributed by atoms with Crippen LogP contribution in [0.3, 0.4) is 0 Å². The van der Waals surface area contributed by atoms with E-state index in [0.717, 1.165) is 17.5 Å². The van der Waals surface area contributed by atoms with E-state index in [2.05, 4.69) is 23.2 Å². The molecule has 1 aromatic carbocycles. The van der Waals surface area contributed by atoms with Crippen LogP contribution in [0.1, 0.15) is 22.7 Å². The minimum atomic E-state index is 0.0230. The molecule has 0 aliphatic heterocycles. The van der Waals surface area contributed by atoms with Gasteiger partial charge in [-0.15, -0.1) is 0 Å². The van der Waals surface area contributed by atoms with E-state index in [9.17, 15) is 0 Å². The number of hydrogen-bond acceptors (Lipinski definition) is 2. The Labute approximate surface area is 96.1 Å². The Morgan fingerprint density at radius 2 is 1.94 bits per heavy atom. The summed E-state index contributed by atoms with van der Waals surface area (Å²) in [5.74, 6) is 0. The van der Waals surface area contributed by atoms with Gasteiger partial charge in [-0.05, 0) is 30.0 Å². The number of benzene rings is 1. The van der Waals surface area contributed by atoms with Crippen molar-refractivity contribution in [2.45, 2.75) is 19.4 Å². The lowest BCUT2D eigenvalue weighted by Gasteiger charge is -2.12. The number of aromatic nitrogens is 1. The van der Waals surface area contributed by atoms with Crippen molar-refractivity contribution in [2.75, 3.05) is 0 Å². The van der Waals surface area contributed by atoms with Crippen LogP contribution in [-0.4, -0.2) is 4.98 Å². The monoisotopic (exact) mass is 212 g/mol. The standard InChI is InChI=1S/C14H16N2/c1-11-7-13(10-16-9-11)14(15)8-12-5-3-2-4-6-12/h2-7,9-10,14H,8,15H2,1H3. The molecule has 1 heterocycles. The maximum Gasteiger partial charge on any atom is 0.0351 e. The Morgan fingerprint density at radius 1 is 1.19 bits per heavy atom. The van der Waals surface area contributed by atoms with Gasteiger partial charge in [0.2, 0.25) is 0 Å². The lowest BCUT2D eigenvalue weighted by Crippen LogP contribution is -2.13. The molecule has 2 heteroatoms. The molecule has 0 aliphatic carbocycles. The largest absolute Gasteiger partial charge is 0.324 e. The molecule has 2 rings (SSSR count). The van der Waals surface area contributed by atoms with Gasteiger partial charge in [0.15, 0.2) is 0 Å². The van der Waals surface area contributed by atoms with Gasteiger partial charge in [0.25, 0.3) is 0 Å². The first-order valence-corrected chi connectivity index (χ1v) is 5.47. The van der Waals surface area contributed by atoms with Crippen molar-refractivity contribution in [3.63, 3.8) is 0 Å². The highest BCUT2D eigenvalue weighted by molar-refractivity contribution is 5.23. The number of hydrogen-bond donors (Lipinski definition) is 1. The highest BCUT2D eigenvalue weighted by atomic mass is 14.7. The Hall–Kier alpha value is -1.67. The van der Waals surface area contributed by atoms with Crippen LogP contribution in [-0.2, 0) is 6.42 Å². The number of nitrogens with two attached hydrogens (primary N) is 1. The minimum Gasteiger partial charge on any atom is -0.324 e. The van der Waals surface area contributed by atoms with Crippen LogP contribution in [0.15, 0.2) is 48.8 Å². The molecule has 2 N–H and O–H groups in total. The van der Waals surface area contributed by atoms with E-state index in [0.29, 0.717) is 0 Å². The molecule has 0 spiro atoms. The molecule has 16 heavy (non-hydrogen) atoms. The molecule has 82 valence electrons. The quantitative estimate of drug-likeness (QED) is 0.849. The van der Waals surface area contributed by atoms with Crippen LogP contribution in [0.2, 0.25) is 0 Å². The van der Waals surface area contributed by atoms with Crippen LogP contribution in [0, 0.1) is 6.92 Å². The van der Waals surface area contributed by atoms with E-state index in [4.69, 9.17) is 5.73 Å². The van der Waals surface area contributed by atoms with E-state index in [1.807, 2.05) is 37.5 Å². The number of aryl methyl sites for hydroxylation is 1. The molecule has 1 aromatic heterocycles. The van der Waals surface area contributed by atoms with Gasteiger partial charge >= 0.3 is 0 Å². The van der Waals surface area contributed by atoms with Gasteiger partial charge in [-0.25, -0.2) is 0 Å². The predicted molar refractivity (Wildman–Crippen MR) is 66.0 cm³/mol. The van der Waals surface area contributed by atoms with E-state index in [-0.39, 0.29) is 6.04 Å². The topological polar surface area (TPSA) is 38.9 Å². The van der Waals surface area contributed by atoms with Crippen LogP contribution >= 0.6 is 0 Å². The smallest absolute Gasteiger partial charge is 0.0351 e. The molecule has 0 amide bonds. The predicted octanol–water partition coefficient (Wildman–Crippen LogP) is 2.63. The van der Waals surface area contributed by atoms with Crippen LogP contribution in [0.4, 0.5) is 0 Å². The lowest BCUT2D eigenvalue weighted by atomic mass is 10.0. The maximum absolute atomic E-state index is 6.16. The van der Waals surface area contributed by atoms with E-state index in [1.54, 1.807) is 0 Å². The molecule has 2 nitrogen and oxygen atoms in total. The van der Waals surface area contributed by atoms with Crippen molar-refractivity contribution in [3.05, 3.63) is 65.5 Å². The molecule has 0 radical (unpaired) electrons. The summed E-state index contributed by atoms with van der Waals surface area (Å²) in [6.45, 7) is 2.03. The maximum atomic E-state index is 6.16. The Morgan fingerprint density at radius 3 is 2.62 bits per heavy atom. The SMILES string of the molecule is Cc1cncc(C(N)Cc2ccccc2)c1. The molecule has 0 saturated carbocycles. The highest BCUT2D eigenvalue weighted by Gasteiger charge is 2.07. The van der Waals surface area contributed by atoms with Gasteiger partial charge in [-0.2, -0.15) is 0 Å². The first-order chi connectivity index (χ1) is 7.75. The second-order valence-electron chi connectivity index (χ2n) is 4.09. The minimum absolute atomic E-state index is 0.0230. The summed E-state index contributed by atoms with van der Waals surface area (Å²) in [6, 6.07) is 12.4. The van der Waals surface area contributed by atoms with Crippen molar-refractivity contribution in [3.8, 4) is 0 Å². The van der Waals surface area contributed by atoms with E-state index >= 15 is 0 Å².